The first-order valence-electron chi connectivity index (χ1n) is 7.49. The Hall–Kier alpha value is -0.600. The molecular formula is C16H33IN4O. The Morgan fingerprint density at radius 1 is 1.23 bits per heavy atom. The van der Waals surface area contributed by atoms with Gasteiger partial charge in [0.2, 0.25) is 0 Å². The zero-order chi connectivity index (χ0) is 16.1. The number of ether oxygens (including phenoxy) is 1. The van der Waals surface area contributed by atoms with Gasteiger partial charge in [0.15, 0.2) is 5.96 Å². The van der Waals surface area contributed by atoms with Gasteiger partial charge in [-0.1, -0.05) is 26.0 Å². The Morgan fingerprint density at radius 3 is 2.23 bits per heavy atom. The Labute approximate surface area is 153 Å². The van der Waals surface area contributed by atoms with Crippen molar-refractivity contribution < 1.29 is 4.74 Å². The van der Waals surface area contributed by atoms with Crippen LogP contribution in [-0.2, 0) is 4.74 Å². The summed E-state index contributed by atoms with van der Waals surface area (Å²) >= 11 is 0. The van der Waals surface area contributed by atoms with Crippen molar-refractivity contribution in [3.8, 4) is 0 Å². The second-order valence-electron chi connectivity index (χ2n) is 5.22. The van der Waals surface area contributed by atoms with E-state index in [0.717, 1.165) is 32.1 Å². The first kappa shape index (κ1) is 23.7. The van der Waals surface area contributed by atoms with Crippen molar-refractivity contribution >= 4 is 29.9 Å². The summed E-state index contributed by atoms with van der Waals surface area (Å²) in [7, 11) is 3.47. The standard InChI is InChI=1S/C16H32N4O.HI/c1-7-10-20(11-8-2)15(14(3)4)13-19-16(17-5)18-9-12-21-6;/h7-8,14-15H,1-2,9-13H2,3-6H3,(H2,17,18,19);1H. The number of hydrogen-bond acceptors (Lipinski definition) is 3. The molecule has 0 spiro atoms. The van der Waals surface area contributed by atoms with E-state index >= 15 is 0 Å². The number of rotatable bonds is 11. The van der Waals surface area contributed by atoms with Crippen LogP contribution in [0.25, 0.3) is 0 Å². The maximum atomic E-state index is 5.03. The number of aliphatic imine (C=N–C) groups is 1. The van der Waals surface area contributed by atoms with Gasteiger partial charge in [0.25, 0.3) is 0 Å². The van der Waals surface area contributed by atoms with Crippen LogP contribution in [-0.4, -0.2) is 63.8 Å². The van der Waals surface area contributed by atoms with Crippen LogP contribution < -0.4 is 10.6 Å². The lowest BCUT2D eigenvalue weighted by Gasteiger charge is -2.33. The van der Waals surface area contributed by atoms with Crippen LogP contribution in [0.15, 0.2) is 30.3 Å². The highest BCUT2D eigenvalue weighted by Crippen LogP contribution is 2.10. The number of nitrogens with one attached hydrogen (secondary N) is 2. The summed E-state index contributed by atoms with van der Waals surface area (Å²) in [6.45, 7) is 16.1. The van der Waals surface area contributed by atoms with Gasteiger partial charge in [0, 0.05) is 46.4 Å². The summed E-state index contributed by atoms with van der Waals surface area (Å²) in [5, 5.41) is 6.60. The fourth-order valence-corrected chi connectivity index (χ4v) is 2.16. The minimum atomic E-state index is 0. The topological polar surface area (TPSA) is 48.9 Å². The van der Waals surface area contributed by atoms with Crippen LogP contribution in [0, 0.1) is 5.92 Å². The quantitative estimate of drug-likeness (QED) is 0.175. The summed E-state index contributed by atoms with van der Waals surface area (Å²) < 4.78 is 5.03. The van der Waals surface area contributed by atoms with E-state index in [0.29, 0.717) is 18.6 Å². The van der Waals surface area contributed by atoms with E-state index in [1.165, 1.54) is 0 Å². The second kappa shape index (κ2) is 15.3. The zero-order valence-electron chi connectivity index (χ0n) is 14.5. The first-order valence-corrected chi connectivity index (χ1v) is 7.49. The molecule has 0 aliphatic heterocycles. The summed E-state index contributed by atoms with van der Waals surface area (Å²) in [6.07, 6.45) is 3.87. The van der Waals surface area contributed by atoms with Gasteiger partial charge in [0.1, 0.15) is 0 Å². The van der Waals surface area contributed by atoms with E-state index in [1.807, 2.05) is 12.2 Å². The minimum Gasteiger partial charge on any atom is -0.383 e. The maximum Gasteiger partial charge on any atom is 0.191 e. The molecule has 0 aromatic heterocycles. The van der Waals surface area contributed by atoms with Gasteiger partial charge in [-0.25, -0.2) is 0 Å². The molecule has 0 aliphatic rings. The van der Waals surface area contributed by atoms with E-state index in [9.17, 15) is 0 Å². The average molecular weight is 424 g/mol. The maximum absolute atomic E-state index is 5.03. The van der Waals surface area contributed by atoms with E-state index in [-0.39, 0.29) is 24.0 Å². The smallest absolute Gasteiger partial charge is 0.191 e. The molecule has 0 radical (unpaired) electrons. The van der Waals surface area contributed by atoms with Gasteiger partial charge in [-0.15, -0.1) is 37.1 Å². The van der Waals surface area contributed by atoms with Crippen LogP contribution in [0.5, 0.6) is 0 Å². The molecule has 0 aromatic carbocycles. The molecule has 0 aliphatic carbocycles. The molecule has 6 heteroatoms. The highest BCUT2D eigenvalue weighted by Gasteiger charge is 2.20. The third kappa shape index (κ3) is 10.2. The molecule has 1 atom stereocenters. The summed E-state index contributed by atoms with van der Waals surface area (Å²) in [5.74, 6) is 1.32. The first-order chi connectivity index (χ1) is 10.1. The summed E-state index contributed by atoms with van der Waals surface area (Å²) in [6, 6.07) is 0.391. The molecule has 22 heavy (non-hydrogen) atoms. The van der Waals surface area contributed by atoms with E-state index < -0.39 is 0 Å². The lowest BCUT2D eigenvalue weighted by atomic mass is 10.0. The fourth-order valence-electron chi connectivity index (χ4n) is 2.16. The van der Waals surface area contributed by atoms with Crippen LogP contribution >= 0.6 is 24.0 Å². The van der Waals surface area contributed by atoms with Crippen LogP contribution in [0.1, 0.15) is 13.8 Å². The molecular weight excluding hydrogens is 391 g/mol. The third-order valence-corrected chi connectivity index (χ3v) is 3.27. The predicted molar refractivity (Wildman–Crippen MR) is 107 cm³/mol. The molecule has 5 nitrogen and oxygen atoms in total. The summed E-state index contributed by atoms with van der Waals surface area (Å²) in [4.78, 5) is 6.58. The van der Waals surface area contributed by atoms with Gasteiger partial charge in [0.05, 0.1) is 6.61 Å². The fraction of sp³-hybridized carbons (Fsp3) is 0.688. The lowest BCUT2D eigenvalue weighted by Crippen LogP contribution is -2.49. The largest absolute Gasteiger partial charge is 0.383 e. The van der Waals surface area contributed by atoms with Gasteiger partial charge < -0.3 is 15.4 Å². The Balaban J connectivity index is 0. The van der Waals surface area contributed by atoms with Crippen molar-refractivity contribution in [2.45, 2.75) is 19.9 Å². The van der Waals surface area contributed by atoms with Crippen LogP contribution in [0.4, 0.5) is 0 Å². The molecule has 130 valence electrons. The number of hydrogen-bond donors (Lipinski definition) is 2. The van der Waals surface area contributed by atoms with Crippen molar-refractivity contribution in [2.24, 2.45) is 10.9 Å². The molecule has 0 rings (SSSR count). The SMILES string of the molecule is C=CCN(CC=C)C(CNC(=NC)NCCOC)C(C)C.I. The molecule has 0 saturated carbocycles. The normalized spacial score (nSPS) is 12.7. The number of methoxy groups -OCH3 is 1. The molecule has 0 fully saturated rings. The van der Waals surface area contributed by atoms with Gasteiger partial charge >= 0.3 is 0 Å². The third-order valence-electron chi connectivity index (χ3n) is 3.27. The lowest BCUT2D eigenvalue weighted by molar-refractivity contribution is 0.189. The molecule has 0 aromatic rings. The van der Waals surface area contributed by atoms with Gasteiger partial charge in [-0.05, 0) is 5.92 Å². The van der Waals surface area contributed by atoms with Gasteiger partial charge in [-0.3, -0.25) is 9.89 Å². The number of nitrogens with zero attached hydrogens (tertiary/aromatic N) is 2. The molecule has 2 N–H and O–H groups in total. The minimum absolute atomic E-state index is 0. The second-order valence-corrected chi connectivity index (χ2v) is 5.22. The monoisotopic (exact) mass is 424 g/mol. The van der Waals surface area contributed by atoms with E-state index in [1.54, 1.807) is 14.2 Å². The molecule has 0 heterocycles. The number of guanidine groups is 1. The Morgan fingerprint density at radius 2 is 1.82 bits per heavy atom. The van der Waals surface area contributed by atoms with Gasteiger partial charge in [-0.2, -0.15) is 0 Å². The highest BCUT2D eigenvalue weighted by atomic mass is 127. The molecule has 0 amide bonds. The molecule has 1 unspecified atom stereocenters. The van der Waals surface area contributed by atoms with Crippen molar-refractivity contribution in [3.05, 3.63) is 25.3 Å². The zero-order valence-corrected chi connectivity index (χ0v) is 16.8. The average Bonchev–Trinajstić information content (AvgIpc) is 2.45. The van der Waals surface area contributed by atoms with Crippen molar-refractivity contribution in [1.82, 2.24) is 15.5 Å². The molecule has 0 bridgehead atoms. The van der Waals surface area contributed by atoms with Crippen LogP contribution in [0.3, 0.4) is 0 Å². The van der Waals surface area contributed by atoms with Crippen molar-refractivity contribution in [3.63, 3.8) is 0 Å². The summed E-state index contributed by atoms with van der Waals surface area (Å²) in [5.41, 5.74) is 0. The predicted octanol–water partition coefficient (Wildman–Crippen LogP) is 2.11. The Bertz CT molecular complexity index is 311. The van der Waals surface area contributed by atoms with Crippen LogP contribution in [0.2, 0.25) is 0 Å². The van der Waals surface area contributed by atoms with Crippen molar-refractivity contribution in [1.29, 1.82) is 0 Å². The Kier molecular flexibility index (Phi) is 16.5. The van der Waals surface area contributed by atoms with Crippen molar-refractivity contribution in [2.75, 3.05) is 46.9 Å². The highest BCUT2D eigenvalue weighted by molar-refractivity contribution is 14.0. The van der Waals surface area contributed by atoms with E-state index in [4.69, 9.17) is 4.74 Å². The number of halogens is 1. The molecule has 0 saturated heterocycles. The van der Waals surface area contributed by atoms with E-state index in [2.05, 4.69) is 47.5 Å².